The van der Waals surface area contributed by atoms with Crippen LogP contribution >= 0.6 is 0 Å². The number of esters is 1. The molecular weight excluding hydrogens is 269 g/mol. The Morgan fingerprint density at radius 3 is 2.53 bits per heavy atom. The molecule has 2 atom stereocenters. The highest BCUT2D eigenvalue weighted by Crippen LogP contribution is 2.53. The molecule has 1 aromatic heterocycles. The molecule has 0 radical (unpaired) electrons. The highest BCUT2D eigenvalue weighted by molar-refractivity contribution is 5.84. The Bertz CT molecular complexity index is 509. The predicted molar refractivity (Wildman–Crippen MR) is 53.9 cm³/mol. The number of hydrogen-bond acceptors (Lipinski definition) is 5. The molecule has 1 aromatic rings. The first-order valence-electron chi connectivity index (χ1n) is 5.20. The van der Waals surface area contributed by atoms with Crippen molar-refractivity contribution in [2.45, 2.75) is 17.4 Å². The van der Waals surface area contributed by atoms with E-state index in [-0.39, 0.29) is 0 Å². The quantitative estimate of drug-likeness (QED) is 0.628. The van der Waals surface area contributed by atoms with Crippen molar-refractivity contribution in [1.82, 2.24) is 9.55 Å². The summed E-state index contributed by atoms with van der Waals surface area (Å²) in [5.74, 6) is -2.03. The minimum Gasteiger partial charge on any atom is -0.467 e. The van der Waals surface area contributed by atoms with Gasteiger partial charge in [-0.05, 0) is 0 Å². The second kappa shape index (κ2) is 3.94. The van der Waals surface area contributed by atoms with Gasteiger partial charge in [0.05, 0.1) is 13.7 Å². The summed E-state index contributed by atoms with van der Waals surface area (Å²) in [7, 11) is 2.19. The number of rotatable bonds is 3. The van der Waals surface area contributed by atoms with E-state index in [2.05, 4.69) is 14.5 Å². The molecule has 0 saturated carbocycles. The maximum atomic E-state index is 13.3. The standard InChI is InChI=1S/C10H11F3N2O4/c1-15-4-3-14-6(15)9(17,10(11,12)13)8(5-19-8)7(16)18-2/h3-4,17H,5H2,1-2H3/t8-,9+/m0/s1. The smallest absolute Gasteiger partial charge is 0.428 e. The maximum absolute atomic E-state index is 13.3. The third kappa shape index (κ3) is 1.65. The minimum atomic E-state index is -5.16. The van der Waals surface area contributed by atoms with Crippen molar-refractivity contribution in [1.29, 1.82) is 0 Å². The summed E-state index contributed by atoms with van der Waals surface area (Å²) in [6, 6.07) is 0. The Balaban J connectivity index is 2.62. The number of methoxy groups -OCH3 is 1. The van der Waals surface area contributed by atoms with Crippen LogP contribution in [0.4, 0.5) is 13.2 Å². The number of carbonyl (C=O) groups excluding carboxylic acids is 1. The second-order valence-corrected chi connectivity index (χ2v) is 4.18. The number of epoxide rings is 1. The van der Waals surface area contributed by atoms with E-state index in [4.69, 9.17) is 0 Å². The maximum Gasteiger partial charge on any atom is 0.428 e. The Kier molecular flexibility index (Phi) is 2.86. The molecule has 0 amide bonds. The predicted octanol–water partition coefficient (Wildman–Crippen LogP) is 0.112. The van der Waals surface area contributed by atoms with Crippen molar-refractivity contribution in [2.24, 2.45) is 7.05 Å². The summed E-state index contributed by atoms with van der Waals surface area (Å²) < 4.78 is 49.8. The fourth-order valence-electron chi connectivity index (χ4n) is 1.96. The molecule has 106 valence electrons. The van der Waals surface area contributed by atoms with Crippen LogP contribution in [0.15, 0.2) is 12.4 Å². The van der Waals surface area contributed by atoms with Gasteiger partial charge >= 0.3 is 12.1 Å². The van der Waals surface area contributed by atoms with Gasteiger partial charge in [0, 0.05) is 19.4 Å². The number of alkyl halides is 3. The van der Waals surface area contributed by atoms with Gasteiger partial charge in [0.2, 0.25) is 5.60 Å². The molecule has 0 unspecified atom stereocenters. The molecular formula is C10H11F3N2O4. The van der Waals surface area contributed by atoms with Crippen LogP contribution in [0.5, 0.6) is 0 Å². The molecule has 2 heterocycles. The first-order valence-corrected chi connectivity index (χ1v) is 5.20. The number of imidazole rings is 1. The van der Waals surface area contributed by atoms with Crippen LogP contribution in [-0.4, -0.2) is 46.1 Å². The number of nitrogens with zero attached hydrogens (tertiary/aromatic N) is 2. The lowest BCUT2D eigenvalue weighted by Crippen LogP contribution is -2.59. The van der Waals surface area contributed by atoms with Crippen molar-refractivity contribution in [3.63, 3.8) is 0 Å². The SMILES string of the molecule is COC(=O)[C@]1([C@](O)(c2nccn2C)C(F)(F)F)CO1. The first-order chi connectivity index (χ1) is 8.70. The summed E-state index contributed by atoms with van der Waals surface area (Å²) in [5.41, 5.74) is -6.07. The van der Waals surface area contributed by atoms with Crippen LogP contribution in [-0.2, 0) is 26.9 Å². The number of ether oxygens (including phenoxy) is 2. The van der Waals surface area contributed by atoms with Gasteiger partial charge in [-0.2, -0.15) is 13.2 Å². The normalized spacial score (nSPS) is 25.8. The molecule has 0 bridgehead atoms. The molecule has 1 aliphatic rings. The van der Waals surface area contributed by atoms with Crippen molar-refractivity contribution < 1.29 is 32.5 Å². The van der Waals surface area contributed by atoms with Gasteiger partial charge < -0.3 is 19.1 Å². The van der Waals surface area contributed by atoms with Gasteiger partial charge in [-0.3, -0.25) is 0 Å². The van der Waals surface area contributed by atoms with E-state index in [1.54, 1.807) is 0 Å². The van der Waals surface area contributed by atoms with E-state index in [0.29, 0.717) is 0 Å². The van der Waals surface area contributed by atoms with Crippen molar-refractivity contribution in [2.75, 3.05) is 13.7 Å². The summed E-state index contributed by atoms with van der Waals surface area (Å²) >= 11 is 0. The van der Waals surface area contributed by atoms with E-state index < -0.39 is 35.8 Å². The highest BCUT2D eigenvalue weighted by atomic mass is 19.4. The number of hydrogen-bond donors (Lipinski definition) is 1. The molecule has 6 nitrogen and oxygen atoms in total. The van der Waals surface area contributed by atoms with E-state index in [1.807, 2.05) is 0 Å². The van der Waals surface area contributed by atoms with E-state index in [0.717, 1.165) is 17.9 Å². The van der Waals surface area contributed by atoms with Crippen LogP contribution in [0.25, 0.3) is 0 Å². The van der Waals surface area contributed by atoms with Crippen LogP contribution in [0, 0.1) is 0 Å². The van der Waals surface area contributed by atoms with Crippen molar-refractivity contribution >= 4 is 5.97 Å². The van der Waals surface area contributed by atoms with E-state index >= 15 is 0 Å². The Hall–Kier alpha value is -1.61. The highest BCUT2D eigenvalue weighted by Gasteiger charge is 2.80. The molecule has 1 aliphatic heterocycles. The van der Waals surface area contributed by atoms with Gasteiger partial charge in [-0.25, -0.2) is 9.78 Å². The number of aromatic nitrogens is 2. The summed E-state index contributed by atoms with van der Waals surface area (Å²) in [4.78, 5) is 15.0. The summed E-state index contributed by atoms with van der Waals surface area (Å²) in [6.07, 6.45) is -2.85. The molecule has 1 N–H and O–H groups in total. The lowest BCUT2D eigenvalue weighted by molar-refractivity contribution is -0.292. The zero-order valence-corrected chi connectivity index (χ0v) is 10.1. The van der Waals surface area contributed by atoms with Gasteiger partial charge in [0.25, 0.3) is 5.60 Å². The average Bonchev–Trinajstić information content (AvgIpc) is 3.03. The van der Waals surface area contributed by atoms with Gasteiger partial charge in [0.1, 0.15) is 0 Å². The van der Waals surface area contributed by atoms with Crippen LogP contribution < -0.4 is 0 Å². The number of aryl methyl sites for hydroxylation is 1. The van der Waals surface area contributed by atoms with Gasteiger partial charge in [-0.1, -0.05) is 0 Å². The van der Waals surface area contributed by atoms with Crippen molar-refractivity contribution in [3.8, 4) is 0 Å². The molecule has 2 rings (SSSR count). The van der Waals surface area contributed by atoms with Gasteiger partial charge in [0.15, 0.2) is 5.82 Å². The molecule has 0 spiro atoms. The summed E-state index contributed by atoms with van der Waals surface area (Å²) in [5, 5.41) is 10.1. The Morgan fingerprint density at radius 2 is 2.21 bits per heavy atom. The molecule has 1 saturated heterocycles. The topological polar surface area (TPSA) is 76.9 Å². The Morgan fingerprint density at radius 1 is 1.63 bits per heavy atom. The van der Waals surface area contributed by atoms with Crippen LogP contribution in [0.2, 0.25) is 0 Å². The van der Waals surface area contributed by atoms with Crippen LogP contribution in [0.3, 0.4) is 0 Å². The minimum absolute atomic E-state index is 0.595. The average molecular weight is 280 g/mol. The third-order valence-corrected chi connectivity index (χ3v) is 3.09. The fraction of sp³-hybridized carbons (Fsp3) is 0.600. The van der Waals surface area contributed by atoms with Crippen LogP contribution in [0.1, 0.15) is 5.82 Å². The second-order valence-electron chi connectivity index (χ2n) is 4.18. The Labute approximate surface area is 105 Å². The lowest BCUT2D eigenvalue weighted by atomic mass is 9.85. The van der Waals surface area contributed by atoms with E-state index in [9.17, 15) is 23.1 Å². The van der Waals surface area contributed by atoms with E-state index in [1.165, 1.54) is 13.2 Å². The fourth-order valence-corrected chi connectivity index (χ4v) is 1.96. The zero-order valence-electron chi connectivity index (χ0n) is 10.1. The molecule has 0 aromatic carbocycles. The largest absolute Gasteiger partial charge is 0.467 e. The molecule has 0 aliphatic carbocycles. The number of carbonyl (C=O) groups is 1. The molecule has 1 fully saturated rings. The summed E-state index contributed by atoms with van der Waals surface area (Å²) in [6.45, 7) is -0.595. The van der Waals surface area contributed by atoms with Crippen molar-refractivity contribution in [3.05, 3.63) is 18.2 Å². The number of halogens is 3. The molecule has 19 heavy (non-hydrogen) atoms. The third-order valence-electron chi connectivity index (χ3n) is 3.09. The lowest BCUT2D eigenvalue weighted by Gasteiger charge is -2.33. The zero-order chi connectivity index (χ0) is 14.5. The number of aliphatic hydroxyl groups is 1. The van der Waals surface area contributed by atoms with Gasteiger partial charge in [-0.15, -0.1) is 0 Å². The first kappa shape index (κ1) is 13.8. The monoisotopic (exact) mass is 280 g/mol. The molecule has 9 heteroatoms.